The number of hydrogen-bond acceptors (Lipinski definition) is 2. The lowest BCUT2D eigenvalue weighted by atomic mass is 10.4. The Morgan fingerprint density at radius 1 is 0.842 bits per heavy atom. The number of hydrogen-bond donors (Lipinski definition) is 0. The van der Waals surface area contributed by atoms with E-state index in [9.17, 15) is 4.79 Å². The minimum atomic E-state index is -0.583. The quantitative estimate of drug-likeness (QED) is 0.392. The Balaban J connectivity index is 4.25. The first-order valence-electron chi connectivity index (χ1n) is 4.97. The summed E-state index contributed by atoms with van der Waals surface area (Å²) in [5.74, 6) is 26.5. The van der Waals surface area contributed by atoms with Crippen LogP contribution in [-0.2, 0) is 9.53 Å². The molecule has 88 valence electrons. The zero-order chi connectivity index (χ0) is 14.3. The maximum absolute atomic E-state index is 10.9. The third kappa shape index (κ3) is 10.8. The minimum absolute atomic E-state index is 0.270. The van der Waals surface area contributed by atoms with Gasteiger partial charge >= 0.3 is 5.97 Å². The Morgan fingerprint density at radius 2 is 1.26 bits per heavy atom. The average Bonchev–Trinajstić information content (AvgIpc) is 2.39. The van der Waals surface area contributed by atoms with Crippen LogP contribution in [0, 0.1) is 71.2 Å². The largest absolute Gasteiger partial charge is 0.368 e. The molecule has 0 amide bonds. The summed E-state index contributed by atoms with van der Waals surface area (Å²) in [5, 5.41) is 0. The third-order valence-electron chi connectivity index (χ3n) is 1.23. The topological polar surface area (TPSA) is 26.3 Å². The van der Waals surface area contributed by atoms with Crippen molar-refractivity contribution < 1.29 is 9.53 Å². The van der Waals surface area contributed by atoms with Crippen LogP contribution in [0.5, 0.6) is 0 Å². The fourth-order valence-corrected chi connectivity index (χ4v) is 0.497. The van der Waals surface area contributed by atoms with Gasteiger partial charge in [-0.15, -0.1) is 0 Å². The summed E-state index contributed by atoms with van der Waals surface area (Å²) < 4.78 is 4.48. The van der Waals surface area contributed by atoms with Gasteiger partial charge in [0.2, 0.25) is 0 Å². The minimum Gasteiger partial charge on any atom is -0.368 e. The van der Waals surface area contributed by atoms with Crippen molar-refractivity contribution in [3.05, 3.63) is 12.2 Å². The molecular weight excluding hydrogens is 236 g/mol. The summed E-state index contributed by atoms with van der Waals surface area (Å²) in [6.07, 6.45) is 2.12. The molecule has 0 radical (unpaired) electrons. The second-order valence-corrected chi connectivity index (χ2v) is 2.77. The number of ether oxygens (including phenoxy) is 1. The highest BCUT2D eigenvalue weighted by Crippen LogP contribution is 1.89. The van der Waals surface area contributed by atoms with Gasteiger partial charge in [-0.1, -0.05) is 12.5 Å². The Kier molecular flexibility index (Phi) is 9.07. The first-order valence-corrected chi connectivity index (χ1v) is 4.97. The molecule has 2 nitrogen and oxygen atoms in total. The molecule has 0 heterocycles. The lowest BCUT2D eigenvalue weighted by molar-refractivity contribution is -0.132. The third-order valence-corrected chi connectivity index (χ3v) is 1.23. The zero-order valence-electron chi connectivity index (χ0n) is 10.5. The van der Waals surface area contributed by atoms with Crippen LogP contribution in [0.4, 0.5) is 0 Å². The highest BCUT2D eigenvalue weighted by atomic mass is 16.5. The van der Waals surface area contributed by atoms with Gasteiger partial charge in [0.15, 0.2) is 0 Å². The van der Waals surface area contributed by atoms with Crippen molar-refractivity contribution >= 4 is 5.97 Å². The van der Waals surface area contributed by atoms with Crippen molar-refractivity contribution in [2.75, 3.05) is 0 Å². The molecule has 0 rings (SSSR count). The zero-order valence-corrected chi connectivity index (χ0v) is 10.5. The molecule has 0 N–H and O–H groups in total. The van der Waals surface area contributed by atoms with Crippen molar-refractivity contribution in [1.29, 1.82) is 0 Å². The SMILES string of the molecule is C=C(C)C(=O)OC#CC#CC#CC#CC#CC#CC. The first kappa shape index (κ1) is 15.6. The van der Waals surface area contributed by atoms with E-state index in [1.54, 1.807) is 6.92 Å². The molecule has 0 spiro atoms. The lowest BCUT2D eigenvalue weighted by Gasteiger charge is -1.89. The summed E-state index contributed by atoms with van der Waals surface area (Å²) in [5.41, 5.74) is 0.270. The van der Waals surface area contributed by atoms with E-state index in [4.69, 9.17) is 0 Å². The maximum atomic E-state index is 10.9. The van der Waals surface area contributed by atoms with E-state index in [0.29, 0.717) is 0 Å². The molecule has 0 aromatic heterocycles. The molecule has 0 saturated heterocycles. The van der Waals surface area contributed by atoms with Crippen molar-refractivity contribution in [3.8, 4) is 71.2 Å². The first-order chi connectivity index (χ1) is 9.18. The summed E-state index contributed by atoms with van der Waals surface area (Å²) in [7, 11) is 0. The van der Waals surface area contributed by atoms with Crippen LogP contribution in [-0.4, -0.2) is 5.97 Å². The predicted molar refractivity (Wildman–Crippen MR) is 73.2 cm³/mol. The Bertz CT molecular complexity index is 728. The van der Waals surface area contributed by atoms with Crippen LogP contribution >= 0.6 is 0 Å². The second-order valence-electron chi connectivity index (χ2n) is 2.77. The molecule has 0 unspecified atom stereocenters. The van der Waals surface area contributed by atoms with Gasteiger partial charge in [-0.05, 0) is 43.4 Å². The van der Waals surface area contributed by atoms with Gasteiger partial charge in [0.25, 0.3) is 0 Å². The van der Waals surface area contributed by atoms with Gasteiger partial charge in [-0.2, -0.15) is 0 Å². The van der Waals surface area contributed by atoms with Crippen molar-refractivity contribution in [2.45, 2.75) is 13.8 Å². The van der Waals surface area contributed by atoms with Gasteiger partial charge in [0, 0.05) is 35.2 Å². The van der Waals surface area contributed by atoms with Crippen molar-refractivity contribution in [1.82, 2.24) is 0 Å². The van der Waals surface area contributed by atoms with Gasteiger partial charge in [0.1, 0.15) is 6.11 Å². The molecular formula is C17H8O2. The normalized spacial score (nSPS) is 5.37. The highest BCUT2D eigenvalue weighted by Gasteiger charge is 1.98. The molecule has 2 heteroatoms. The molecule has 0 bridgehead atoms. The maximum Gasteiger partial charge on any atom is 0.347 e. The van der Waals surface area contributed by atoms with Gasteiger partial charge in [0.05, 0.1) is 0 Å². The molecule has 0 aliphatic rings. The lowest BCUT2D eigenvalue weighted by Crippen LogP contribution is -1.99. The smallest absolute Gasteiger partial charge is 0.347 e. The van der Waals surface area contributed by atoms with Gasteiger partial charge < -0.3 is 4.74 Å². The molecule has 0 saturated carbocycles. The van der Waals surface area contributed by atoms with E-state index in [-0.39, 0.29) is 5.57 Å². The van der Waals surface area contributed by atoms with Crippen LogP contribution in [0.3, 0.4) is 0 Å². The van der Waals surface area contributed by atoms with Crippen molar-refractivity contribution in [2.24, 2.45) is 0 Å². The standard InChI is InChI=1S/C17H8O2/c1-4-5-6-7-8-9-10-11-12-13-14-15-19-17(18)16(2)3/h2H2,1,3H3. The average molecular weight is 244 g/mol. The fourth-order valence-electron chi connectivity index (χ4n) is 0.497. The molecule has 0 aromatic rings. The van der Waals surface area contributed by atoms with E-state index in [2.05, 4.69) is 82.5 Å². The Hall–Kier alpha value is -3.43. The van der Waals surface area contributed by atoms with E-state index < -0.39 is 5.97 Å². The Morgan fingerprint density at radius 3 is 1.68 bits per heavy atom. The molecule has 0 aliphatic carbocycles. The van der Waals surface area contributed by atoms with E-state index >= 15 is 0 Å². The van der Waals surface area contributed by atoms with Crippen LogP contribution in [0.25, 0.3) is 0 Å². The van der Waals surface area contributed by atoms with Crippen LogP contribution in [0.15, 0.2) is 12.2 Å². The highest BCUT2D eigenvalue weighted by molar-refractivity contribution is 5.87. The number of rotatable bonds is 1. The summed E-state index contributed by atoms with van der Waals surface area (Å²) in [6, 6.07) is 0. The predicted octanol–water partition coefficient (Wildman–Crippen LogP) is 1.10. The van der Waals surface area contributed by atoms with E-state index in [0.717, 1.165) is 0 Å². The van der Waals surface area contributed by atoms with Gasteiger partial charge in [-0.25, -0.2) is 4.79 Å². The van der Waals surface area contributed by atoms with E-state index in [1.165, 1.54) is 6.92 Å². The van der Waals surface area contributed by atoms with Crippen LogP contribution in [0.2, 0.25) is 0 Å². The molecule has 0 aliphatic heterocycles. The number of carbonyl (C=O) groups excluding carboxylic acids is 1. The number of esters is 1. The second kappa shape index (κ2) is 11.1. The van der Waals surface area contributed by atoms with E-state index in [1.807, 2.05) is 0 Å². The van der Waals surface area contributed by atoms with Crippen molar-refractivity contribution in [3.63, 3.8) is 0 Å². The van der Waals surface area contributed by atoms with Crippen LogP contribution < -0.4 is 0 Å². The summed E-state index contributed by atoms with van der Waals surface area (Å²) in [6.45, 7) is 6.60. The van der Waals surface area contributed by atoms with Crippen LogP contribution in [0.1, 0.15) is 13.8 Å². The molecule has 0 fully saturated rings. The van der Waals surface area contributed by atoms with Gasteiger partial charge in [-0.3, -0.25) is 0 Å². The molecule has 0 atom stereocenters. The molecule has 19 heavy (non-hydrogen) atoms. The number of carbonyl (C=O) groups is 1. The Labute approximate surface area is 113 Å². The molecule has 0 aromatic carbocycles. The fraction of sp³-hybridized carbons (Fsp3) is 0.118. The monoisotopic (exact) mass is 244 g/mol. The summed E-state index contributed by atoms with van der Waals surface area (Å²) in [4.78, 5) is 10.9. The summed E-state index contributed by atoms with van der Waals surface area (Å²) >= 11 is 0.